The van der Waals surface area contributed by atoms with E-state index in [9.17, 15) is 9.59 Å². The van der Waals surface area contributed by atoms with Crippen LogP contribution in [0.5, 0.6) is 0 Å². The van der Waals surface area contributed by atoms with E-state index in [1.54, 1.807) is 18.3 Å². The van der Waals surface area contributed by atoms with Gasteiger partial charge in [-0.25, -0.2) is 4.68 Å². The lowest BCUT2D eigenvalue weighted by Gasteiger charge is -2.22. The van der Waals surface area contributed by atoms with Crippen LogP contribution in [0.4, 0.5) is 0 Å². The molecule has 2 aliphatic rings. The van der Waals surface area contributed by atoms with Crippen molar-refractivity contribution in [2.24, 2.45) is 0 Å². The van der Waals surface area contributed by atoms with E-state index in [1.807, 2.05) is 36.0 Å². The summed E-state index contributed by atoms with van der Waals surface area (Å²) in [4.78, 5) is 29.8. The molecule has 2 unspecified atom stereocenters. The summed E-state index contributed by atoms with van der Waals surface area (Å²) >= 11 is 1.82. The second-order valence-electron chi connectivity index (χ2n) is 7.30. The zero-order valence-corrected chi connectivity index (χ0v) is 16.5. The van der Waals surface area contributed by atoms with Gasteiger partial charge in [-0.1, -0.05) is 6.07 Å². The van der Waals surface area contributed by atoms with Crippen molar-refractivity contribution >= 4 is 28.6 Å². The molecule has 1 amide bonds. The lowest BCUT2D eigenvalue weighted by atomic mass is 10.1. The monoisotopic (exact) mass is 408 g/mol. The first kappa shape index (κ1) is 18.3. The average Bonchev–Trinajstić information content (AvgIpc) is 3.20. The van der Waals surface area contributed by atoms with Crippen LogP contribution in [0.15, 0.2) is 47.4 Å². The van der Waals surface area contributed by atoms with Crippen LogP contribution in [-0.4, -0.2) is 45.7 Å². The largest absolute Gasteiger partial charge is 0.377 e. The number of benzene rings is 1. The van der Waals surface area contributed by atoms with Gasteiger partial charge < -0.3 is 10.1 Å². The van der Waals surface area contributed by atoms with Crippen LogP contribution in [0.2, 0.25) is 0 Å². The van der Waals surface area contributed by atoms with Gasteiger partial charge in [-0.05, 0) is 35.6 Å². The van der Waals surface area contributed by atoms with Crippen LogP contribution in [-0.2, 0) is 16.9 Å². The summed E-state index contributed by atoms with van der Waals surface area (Å²) in [6.45, 7) is 0.708. The Balaban J connectivity index is 1.39. The van der Waals surface area contributed by atoms with Gasteiger partial charge in [-0.2, -0.15) is 16.9 Å². The molecule has 1 N–H and O–H groups in total. The molecule has 1 saturated heterocycles. The highest BCUT2D eigenvalue weighted by molar-refractivity contribution is 7.98. The van der Waals surface area contributed by atoms with E-state index in [4.69, 9.17) is 4.74 Å². The Morgan fingerprint density at radius 1 is 1.24 bits per heavy atom. The van der Waals surface area contributed by atoms with Gasteiger partial charge in [0.1, 0.15) is 6.04 Å². The zero-order valence-electron chi connectivity index (χ0n) is 15.7. The number of hydrogen-bond donors (Lipinski definition) is 1. The van der Waals surface area contributed by atoms with Gasteiger partial charge in [0.05, 0.1) is 30.5 Å². The Hall–Kier alpha value is -2.71. The minimum absolute atomic E-state index is 0.141. The van der Waals surface area contributed by atoms with E-state index in [-0.39, 0.29) is 23.6 Å². The predicted molar refractivity (Wildman–Crippen MR) is 111 cm³/mol. The van der Waals surface area contributed by atoms with Crippen molar-refractivity contribution in [3.8, 4) is 0 Å². The fourth-order valence-electron chi connectivity index (χ4n) is 3.86. The molecule has 3 aromatic rings. The van der Waals surface area contributed by atoms with E-state index in [0.717, 1.165) is 40.1 Å². The highest BCUT2D eigenvalue weighted by atomic mass is 32.2. The topological polar surface area (TPSA) is 86.1 Å². The molecule has 2 atom stereocenters. The van der Waals surface area contributed by atoms with Crippen LogP contribution in [0, 0.1) is 0 Å². The first-order chi connectivity index (χ1) is 14.2. The van der Waals surface area contributed by atoms with E-state index in [1.165, 1.54) is 4.68 Å². The quantitative estimate of drug-likeness (QED) is 0.713. The maximum Gasteiger partial charge on any atom is 0.267 e. The Morgan fingerprint density at radius 3 is 3.10 bits per heavy atom. The average molecular weight is 408 g/mol. The van der Waals surface area contributed by atoms with Crippen LogP contribution in [0.25, 0.3) is 10.9 Å². The third kappa shape index (κ3) is 3.54. The van der Waals surface area contributed by atoms with Crippen molar-refractivity contribution in [3.63, 3.8) is 0 Å². The number of carbonyl (C=O) groups is 1. The van der Waals surface area contributed by atoms with Crippen molar-refractivity contribution in [1.29, 1.82) is 0 Å². The van der Waals surface area contributed by atoms with Gasteiger partial charge in [-0.3, -0.25) is 14.6 Å². The highest BCUT2D eigenvalue weighted by Gasteiger charge is 2.33. The van der Waals surface area contributed by atoms with E-state index >= 15 is 0 Å². The Labute approximate surface area is 171 Å². The summed E-state index contributed by atoms with van der Waals surface area (Å²) in [7, 11) is 0. The highest BCUT2D eigenvalue weighted by Crippen LogP contribution is 2.24. The fourth-order valence-corrected chi connectivity index (χ4v) is 4.81. The molecule has 1 aromatic carbocycles. The minimum atomic E-state index is -0.312. The molecule has 2 aliphatic heterocycles. The van der Waals surface area contributed by atoms with E-state index < -0.39 is 0 Å². The summed E-state index contributed by atoms with van der Waals surface area (Å²) in [5.74, 6) is 1.64. The van der Waals surface area contributed by atoms with Gasteiger partial charge in [0, 0.05) is 35.4 Å². The molecule has 8 heteroatoms. The number of thioether (sulfide) groups is 1. The molecule has 5 rings (SSSR count). The normalized spacial score (nSPS) is 21.1. The first-order valence-electron chi connectivity index (χ1n) is 9.62. The van der Waals surface area contributed by atoms with Crippen molar-refractivity contribution in [2.45, 2.75) is 24.3 Å². The number of rotatable bonds is 3. The number of amides is 1. The zero-order chi connectivity index (χ0) is 19.8. The molecule has 148 valence electrons. The van der Waals surface area contributed by atoms with Crippen molar-refractivity contribution in [3.05, 3.63) is 69.8 Å². The van der Waals surface area contributed by atoms with E-state index in [0.29, 0.717) is 18.8 Å². The summed E-state index contributed by atoms with van der Waals surface area (Å²) in [6, 6.07) is 10.2. The number of nitrogens with one attached hydrogen (secondary N) is 1. The number of carbonyl (C=O) groups excluding carboxylic acids is 1. The lowest BCUT2D eigenvalue weighted by molar-refractivity contribution is 0.0924. The number of aryl methyl sites for hydroxylation is 1. The second-order valence-corrected chi connectivity index (χ2v) is 8.40. The van der Waals surface area contributed by atoms with Crippen LogP contribution in [0.1, 0.15) is 27.7 Å². The lowest BCUT2D eigenvalue weighted by Crippen LogP contribution is -2.44. The Morgan fingerprint density at radius 2 is 2.17 bits per heavy atom. The van der Waals surface area contributed by atoms with Gasteiger partial charge >= 0.3 is 0 Å². The molecule has 1 fully saturated rings. The molecular weight excluding hydrogens is 388 g/mol. The van der Waals surface area contributed by atoms with Gasteiger partial charge in [-0.15, -0.1) is 0 Å². The first-order valence-corrected chi connectivity index (χ1v) is 10.8. The predicted octanol–water partition coefficient (Wildman–Crippen LogP) is 1.95. The number of aromatic nitrogens is 3. The summed E-state index contributed by atoms with van der Waals surface area (Å²) in [5, 5.41) is 8.55. The van der Waals surface area contributed by atoms with Crippen molar-refractivity contribution in [2.75, 3.05) is 19.0 Å². The molecule has 0 saturated carbocycles. The number of pyridine rings is 1. The Bertz CT molecular complexity index is 1150. The number of ether oxygens (including phenoxy) is 1. The van der Waals surface area contributed by atoms with Gasteiger partial charge in [0.15, 0.2) is 0 Å². The maximum atomic E-state index is 12.8. The molecular formula is C21H20N4O3S. The van der Waals surface area contributed by atoms with Crippen LogP contribution < -0.4 is 10.9 Å². The fraction of sp³-hybridized carbons (Fsp3) is 0.333. The molecule has 0 spiro atoms. The molecule has 7 nitrogen and oxygen atoms in total. The standard InChI is InChI=1S/C21H20N4O3S/c26-20-9-15-12-29-7-5-17(15)24-25(20)19-11-28-10-18(19)23-21(27)14-3-4-16-13(8-14)2-1-6-22-16/h1-4,6,8-9,18-19H,5,7,10-12H2,(H,23,27). The summed E-state index contributed by atoms with van der Waals surface area (Å²) < 4.78 is 7.10. The number of hydrogen-bond acceptors (Lipinski definition) is 6. The summed E-state index contributed by atoms with van der Waals surface area (Å²) in [5.41, 5.74) is 3.25. The smallest absolute Gasteiger partial charge is 0.267 e. The van der Waals surface area contributed by atoms with Crippen LogP contribution in [0.3, 0.4) is 0 Å². The number of fused-ring (bicyclic) bond motifs is 2. The SMILES string of the molecule is O=C(NC1COCC1n1nc2c(cc1=O)CSCC2)c1ccc2ncccc2c1. The third-order valence-corrected chi connectivity index (χ3v) is 6.42. The molecule has 0 radical (unpaired) electrons. The molecule has 2 aromatic heterocycles. The third-order valence-electron chi connectivity index (χ3n) is 5.41. The minimum Gasteiger partial charge on any atom is -0.377 e. The van der Waals surface area contributed by atoms with Gasteiger partial charge in [0.2, 0.25) is 0 Å². The van der Waals surface area contributed by atoms with Crippen molar-refractivity contribution < 1.29 is 9.53 Å². The molecule has 29 heavy (non-hydrogen) atoms. The number of nitrogens with zero attached hydrogens (tertiary/aromatic N) is 3. The Kier molecular flexibility index (Phi) is 4.81. The van der Waals surface area contributed by atoms with Crippen molar-refractivity contribution in [1.82, 2.24) is 20.1 Å². The van der Waals surface area contributed by atoms with E-state index in [2.05, 4.69) is 15.4 Å². The van der Waals surface area contributed by atoms with Gasteiger partial charge in [0.25, 0.3) is 11.5 Å². The molecule has 4 heterocycles. The summed E-state index contributed by atoms with van der Waals surface area (Å²) in [6.07, 6.45) is 2.58. The molecule has 0 aliphatic carbocycles. The van der Waals surface area contributed by atoms with Crippen LogP contribution >= 0.6 is 11.8 Å². The molecule has 0 bridgehead atoms. The maximum absolute atomic E-state index is 12.8. The second kappa shape index (κ2) is 7.61.